The highest BCUT2D eigenvalue weighted by Gasteiger charge is 2.23. The van der Waals surface area contributed by atoms with E-state index in [1.165, 1.54) is 17.2 Å². The number of aryl methyl sites for hydroxylation is 2. The number of nitrogens with zero attached hydrogens (tertiary/aromatic N) is 1. The molecule has 0 aliphatic carbocycles. The van der Waals surface area contributed by atoms with Crippen LogP contribution in [0.4, 0.5) is 15.8 Å². The number of anilines is 2. The lowest BCUT2D eigenvalue weighted by molar-refractivity contribution is 0.194. The SMILES string of the molecule is Cc1ccc2c(c1)CCCN2c1cccc(F)c1[C@H](C)O. The van der Waals surface area contributed by atoms with Gasteiger partial charge in [0, 0.05) is 23.5 Å². The van der Waals surface area contributed by atoms with Crippen molar-refractivity contribution < 1.29 is 9.50 Å². The minimum atomic E-state index is -0.822. The Morgan fingerprint density at radius 3 is 2.76 bits per heavy atom. The first-order valence-electron chi connectivity index (χ1n) is 7.41. The summed E-state index contributed by atoms with van der Waals surface area (Å²) in [4.78, 5) is 2.13. The van der Waals surface area contributed by atoms with E-state index in [0.29, 0.717) is 5.56 Å². The lowest BCUT2D eigenvalue weighted by atomic mass is 9.97. The third kappa shape index (κ3) is 2.54. The number of rotatable bonds is 2. The normalized spacial score (nSPS) is 15.7. The van der Waals surface area contributed by atoms with Crippen LogP contribution in [0.25, 0.3) is 0 Å². The Kier molecular flexibility index (Phi) is 3.68. The van der Waals surface area contributed by atoms with Gasteiger partial charge >= 0.3 is 0 Å². The van der Waals surface area contributed by atoms with Crippen molar-refractivity contribution in [3.63, 3.8) is 0 Å². The first-order chi connectivity index (χ1) is 10.1. The minimum Gasteiger partial charge on any atom is -0.389 e. The summed E-state index contributed by atoms with van der Waals surface area (Å²) in [6, 6.07) is 11.4. The fourth-order valence-electron chi connectivity index (χ4n) is 3.15. The molecule has 110 valence electrons. The maximum Gasteiger partial charge on any atom is 0.131 e. The van der Waals surface area contributed by atoms with Crippen molar-refractivity contribution in [2.45, 2.75) is 32.8 Å². The molecule has 1 N–H and O–H groups in total. The van der Waals surface area contributed by atoms with Crippen molar-refractivity contribution >= 4 is 11.4 Å². The van der Waals surface area contributed by atoms with E-state index in [2.05, 4.69) is 30.0 Å². The van der Waals surface area contributed by atoms with Gasteiger partial charge in [-0.05, 0) is 50.5 Å². The Labute approximate surface area is 124 Å². The summed E-state index contributed by atoms with van der Waals surface area (Å²) >= 11 is 0. The van der Waals surface area contributed by atoms with Gasteiger partial charge in [-0.3, -0.25) is 0 Å². The van der Waals surface area contributed by atoms with Crippen LogP contribution in [0.5, 0.6) is 0 Å². The van der Waals surface area contributed by atoms with Crippen LogP contribution in [0.1, 0.15) is 36.1 Å². The Balaban J connectivity index is 2.13. The first-order valence-corrected chi connectivity index (χ1v) is 7.41. The zero-order chi connectivity index (χ0) is 15.0. The molecule has 1 atom stereocenters. The van der Waals surface area contributed by atoms with E-state index in [-0.39, 0.29) is 5.82 Å². The van der Waals surface area contributed by atoms with E-state index < -0.39 is 6.10 Å². The molecule has 0 unspecified atom stereocenters. The number of fused-ring (bicyclic) bond motifs is 1. The van der Waals surface area contributed by atoms with Gasteiger partial charge in [0.15, 0.2) is 0 Å². The summed E-state index contributed by atoms with van der Waals surface area (Å²) in [6.45, 7) is 4.55. The predicted molar refractivity (Wildman–Crippen MR) is 83.5 cm³/mol. The van der Waals surface area contributed by atoms with E-state index in [9.17, 15) is 9.50 Å². The zero-order valence-electron chi connectivity index (χ0n) is 12.4. The van der Waals surface area contributed by atoms with Gasteiger partial charge in [0.2, 0.25) is 0 Å². The highest BCUT2D eigenvalue weighted by molar-refractivity contribution is 5.71. The number of hydrogen-bond donors (Lipinski definition) is 1. The van der Waals surface area contributed by atoms with Gasteiger partial charge in [-0.15, -0.1) is 0 Å². The van der Waals surface area contributed by atoms with Gasteiger partial charge < -0.3 is 10.0 Å². The van der Waals surface area contributed by atoms with Crippen LogP contribution in [-0.2, 0) is 6.42 Å². The summed E-state index contributed by atoms with van der Waals surface area (Å²) in [5.74, 6) is -0.346. The highest BCUT2D eigenvalue weighted by Crippen LogP contribution is 2.38. The lowest BCUT2D eigenvalue weighted by Crippen LogP contribution is -2.26. The van der Waals surface area contributed by atoms with Crippen LogP contribution in [0.15, 0.2) is 36.4 Å². The summed E-state index contributed by atoms with van der Waals surface area (Å²) in [7, 11) is 0. The molecule has 2 aromatic rings. The molecule has 0 spiro atoms. The molecular formula is C18H20FNO. The molecule has 2 nitrogen and oxygen atoms in total. The van der Waals surface area contributed by atoms with Gasteiger partial charge in [-0.2, -0.15) is 0 Å². The Morgan fingerprint density at radius 2 is 2.00 bits per heavy atom. The molecule has 1 aliphatic rings. The number of benzene rings is 2. The van der Waals surface area contributed by atoms with Crippen molar-refractivity contribution in [3.05, 3.63) is 58.9 Å². The van der Waals surface area contributed by atoms with Crippen LogP contribution in [0.2, 0.25) is 0 Å². The van der Waals surface area contributed by atoms with Crippen molar-refractivity contribution in [2.24, 2.45) is 0 Å². The zero-order valence-corrected chi connectivity index (χ0v) is 12.4. The molecule has 0 bridgehead atoms. The Morgan fingerprint density at radius 1 is 1.19 bits per heavy atom. The van der Waals surface area contributed by atoms with Gasteiger partial charge in [0.05, 0.1) is 6.10 Å². The molecule has 3 heteroatoms. The molecule has 0 saturated heterocycles. The monoisotopic (exact) mass is 285 g/mol. The molecule has 21 heavy (non-hydrogen) atoms. The van der Waals surface area contributed by atoms with Crippen molar-refractivity contribution in [3.8, 4) is 0 Å². The van der Waals surface area contributed by atoms with Gasteiger partial charge in [0.25, 0.3) is 0 Å². The highest BCUT2D eigenvalue weighted by atomic mass is 19.1. The summed E-state index contributed by atoms with van der Waals surface area (Å²) in [6.07, 6.45) is 1.26. The van der Waals surface area contributed by atoms with Crippen LogP contribution in [0, 0.1) is 12.7 Å². The second-order valence-corrected chi connectivity index (χ2v) is 5.74. The van der Waals surface area contributed by atoms with Gasteiger partial charge in [0.1, 0.15) is 5.82 Å². The molecular weight excluding hydrogens is 265 g/mol. The Bertz CT molecular complexity index is 666. The summed E-state index contributed by atoms with van der Waals surface area (Å²) < 4.78 is 14.1. The maximum absolute atomic E-state index is 14.1. The van der Waals surface area contributed by atoms with Crippen LogP contribution in [-0.4, -0.2) is 11.7 Å². The molecule has 0 radical (unpaired) electrons. The average molecular weight is 285 g/mol. The smallest absolute Gasteiger partial charge is 0.131 e. The summed E-state index contributed by atoms with van der Waals surface area (Å²) in [5, 5.41) is 9.94. The molecule has 3 rings (SSSR count). The molecule has 0 fully saturated rings. The molecule has 1 aliphatic heterocycles. The lowest BCUT2D eigenvalue weighted by Gasteiger charge is -2.33. The largest absolute Gasteiger partial charge is 0.389 e. The van der Waals surface area contributed by atoms with Crippen molar-refractivity contribution in [1.29, 1.82) is 0 Å². The first kappa shape index (κ1) is 14.1. The second-order valence-electron chi connectivity index (χ2n) is 5.74. The topological polar surface area (TPSA) is 23.5 Å². The number of aliphatic hydroxyl groups is 1. The third-order valence-corrected chi connectivity index (χ3v) is 4.09. The number of aliphatic hydroxyl groups excluding tert-OH is 1. The molecule has 0 aromatic heterocycles. The van der Waals surface area contributed by atoms with Gasteiger partial charge in [-0.1, -0.05) is 23.8 Å². The third-order valence-electron chi connectivity index (χ3n) is 4.09. The second kappa shape index (κ2) is 5.49. The Hall–Kier alpha value is -1.87. The summed E-state index contributed by atoms with van der Waals surface area (Å²) in [5.41, 5.74) is 4.81. The van der Waals surface area contributed by atoms with Crippen LogP contribution < -0.4 is 4.90 Å². The quantitative estimate of drug-likeness (QED) is 0.890. The van der Waals surface area contributed by atoms with E-state index in [4.69, 9.17) is 0 Å². The van der Waals surface area contributed by atoms with Crippen LogP contribution >= 0.6 is 0 Å². The van der Waals surface area contributed by atoms with Crippen molar-refractivity contribution in [2.75, 3.05) is 11.4 Å². The fraction of sp³-hybridized carbons (Fsp3) is 0.333. The van der Waals surface area contributed by atoms with E-state index in [0.717, 1.165) is 30.8 Å². The molecule has 0 amide bonds. The number of hydrogen-bond acceptors (Lipinski definition) is 2. The predicted octanol–water partition coefficient (Wildman–Crippen LogP) is 4.27. The van der Waals surface area contributed by atoms with E-state index >= 15 is 0 Å². The fourth-order valence-corrected chi connectivity index (χ4v) is 3.15. The number of halogens is 1. The van der Waals surface area contributed by atoms with E-state index in [1.807, 2.05) is 6.07 Å². The maximum atomic E-state index is 14.1. The van der Waals surface area contributed by atoms with Crippen molar-refractivity contribution in [1.82, 2.24) is 0 Å². The molecule has 1 heterocycles. The molecule has 2 aromatic carbocycles. The average Bonchev–Trinajstić information content (AvgIpc) is 2.45. The minimum absolute atomic E-state index is 0.346. The van der Waals surface area contributed by atoms with Gasteiger partial charge in [-0.25, -0.2) is 4.39 Å². The van der Waals surface area contributed by atoms with Crippen LogP contribution in [0.3, 0.4) is 0 Å². The molecule has 0 saturated carbocycles. The van der Waals surface area contributed by atoms with E-state index in [1.54, 1.807) is 13.0 Å². The standard InChI is InChI=1S/C18H20FNO/c1-12-8-9-16-14(11-12)5-4-10-20(16)17-7-3-6-15(19)18(17)13(2)21/h3,6-9,11,13,21H,4-5,10H2,1-2H3/t13-/m0/s1.